The number of benzene rings is 2. The third-order valence-corrected chi connectivity index (χ3v) is 3.85. The first-order chi connectivity index (χ1) is 12.0. The van der Waals surface area contributed by atoms with Crippen molar-refractivity contribution in [3.63, 3.8) is 0 Å². The van der Waals surface area contributed by atoms with E-state index < -0.39 is 11.8 Å². The predicted octanol–water partition coefficient (Wildman–Crippen LogP) is 2.16. The standard InChI is InChI=1S/C19H15BrN2O3/c1-2-11-21-17(23)12-22-19(25)16-6-4-3-5-15(16)18(24)13-7-9-14(20)10-8-13/h1,3-10H,11-12H2,(H,21,23)(H,22,25). The van der Waals surface area contributed by atoms with E-state index in [0.717, 1.165) is 4.47 Å². The van der Waals surface area contributed by atoms with Crippen LogP contribution >= 0.6 is 15.9 Å². The van der Waals surface area contributed by atoms with Crippen molar-refractivity contribution in [1.82, 2.24) is 10.6 Å². The Hall–Kier alpha value is -2.91. The lowest BCUT2D eigenvalue weighted by Crippen LogP contribution is -2.37. The number of halogens is 1. The van der Waals surface area contributed by atoms with Gasteiger partial charge >= 0.3 is 0 Å². The second-order valence-corrected chi connectivity index (χ2v) is 5.96. The largest absolute Gasteiger partial charge is 0.344 e. The number of carbonyl (C=O) groups excluding carboxylic acids is 3. The van der Waals surface area contributed by atoms with Crippen LogP contribution in [0.4, 0.5) is 0 Å². The smallest absolute Gasteiger partial charge is 0.252 e. The van der Waals surface area contributed by atoms with Gasteiger partial charge in [0, 0.05) is 15.6 Å². The summed E-state index contributed by atoms with van der Waals surface area (Å²) in [6.45, 7) is -0.130. The molecule has 0 atom stereocenters. The van der Waals surface area contributed by atoms with Gasteiger partial charge in [-0.15, -0.1) is 6.42 Å². The zero-order valence-electron chi connectivity index (χ0n) is 13.2. The molecule has 0 aliphatic rings. The second kappa shape index (κ2) is 8.81. The average Bonchev–Trinajstić information content (AvgIpc) is 2.64. The summed E-state index contributed by atoms with van der Waals surface area (Å²) in [4.78, 5) is 36.5. The summed E-state index contributed by atoms with van der Waals surface area (Å²) in [5, 5.41) is 4.93. The third kappa shape index (κ3) is 5.03. The van der Waals surface area contributed by atoms with Gasteiger partial charge in [0.05, 0.1) is 18.7 Å². The van der Waals surface area contributed by atoms with Crippen LogP contribution in [0, 0.1) is 12.3 Å². The van der Waals surface area contributed by atoms with Crippen molar-refractivity contribution >= 4 is 33.5 Å². The van der Waals surface area contributed by atoms with Gasteiger partial charge in [0.15, 0.2) is 5.78 Å². The average molecular weight is 399 g/mol. The fourth-order valence-corrected chi connectivity index (χ4v) is 2.37. The summed E-state index contributed by atoms with van der Waals surface area (Å²) in [5.74, 6) is 1.10. The highest BCUT2D eigenvalue weighted by molar-refractivity contribution is 9.10. The van der Waals surface area contributed by atoms with E-state index in [1.165, 1.54) is 0 Å². The van der Waals surface area contributed by atoms with E-state index in [-0.39, 0.29) is 30.0 Å². The Morgan fingerprint density at radius 1 is 0.960 bits per heavy atom. The summed E-state index contributed by atoms with van der Waals surface area (Å²) in [5.41, 5.74) is 0.946. The molecule has 0 spiro atoms. The molecule has 2 rings (SSSR count). The molecule has 2 N–H and O–H groups in total. The maximum atomic E-state index is 12.7. The van der Waals surface area contributed by atoms with E-state index in [1.807, 2.05) is 0 Å². The van der Waals surface area contributed by atoms with Crippen LogP contribution in [0.25, 0.3) is 0 Å². The fraction of sp³-hybridized carbons (Fsp3) is 0.105. The van der Waals surface area contributed by atoms with Crippen LogP contribution in [-0.4, -0.2) is 30.7 Å². The molecule has 25 heavy (non-hydrogen) atoms. The normalized spacial score (nSPS) is 9.76. The predicted molar refractivity (Wildman–Crippen MR) is 98.2 cm³/mol. The minimum absolute atomic E-state index is 0.0906. The van der Waals surface area contributed by atoms with Crippen molar-refractivity contribution in [3.05, 3.63) is 69.7 Å². The molecular weight excluding hydrogens is 384 g/mol. The third-order valence-electron chi connectivity index (χ3n) is 3.32. The Balaban J connectivity index is 2.16. The number of hydrogen-bond donors (Lipinski definition) is 2. The Morgan fingerprint density at radius 2 is 1.60 bits per heavy atom. The van der Waals surface area contributed by atoms with Crippen LogP contribution in [0.5, 0.6) is 0 Å². The van der Waals surface area contributed by atoms with Gasteiger partial charge in [0.1, 0.15) is 0 Å². The SMILES string of the molecule is C#CCNC(=O)CNC(=O)c1ccccc1C(=O)c1ccc(Br)cc1. The van der Waals surface area contributed by atoms with Gasteiger partial charge in [-0.3, -0.25) is 14.4 Å². The van der Waals surface area contributed by atoms with Crippen LogP contribution in [-0.2, 0) is 4.79 Å². The molecule has 5 nitrogen and oxygen atoms in total. The van der Waals surface area contributed by atoms with E-state index in [2.05, 4.69) is 32.5 Å². The van der Waals surface area contributed by atoms with Crippen LogP contribution in [0.2, 0.25) is 0 Å². The lowest BCUT2D eigenvalue weighted by molar-refractivity contribution is -0.119. The molecule has 0 fully saturated rings. The summed E-state index contributed by atoms with van der Waals surface area (Å²) >= 11 is 3.31. The quantitative estimate of drug-likeness (QED) is 0.578. The van der Waals surface area contributed by atoms with Crippen molar-refractivity contribution in [1.29, 1.82) is 0 Å². The highest BCUT2D eigenvalue weighted by atomic mass is 79.9. The number of nitrogens with one attached hydrogen (secondary N) is 2. The number of rotatable bonds is 6. The summed E-state index contributed by atoms with van der Waals surface area (Å²) in [7, 11) is 0. The summed E-state index contributed by atoms with van der Waals surface area (Å²) < 4.78 is 0.855. The lowest BCUT2D eigenvalue weighted by atomic mass is 9.98. The fourth-order valence-electron chi connectivity index (χ4n) is 2.10. The van der Waals surface area contributed by atoms with Crippen molar-refractivity contribution in [2.45, 2.75) is 0 Å². The Labute approximate surface area is 153 Å². The van der Waals surface area contributed by atoms with Crippen LogP contribution in [0.1, 0.15) is 26.3 Å². The lowest BCUT2D eigenvalue weighted by Gasteiger charge is -2.09. The van der Waals surface area contributed by atoms with Gasteiger partial charge in [0.2, 0.25) is 5.91 Å². The Morgan fingerprint density at radius 3 is 2.24 bits per heavy atom. The molecule has 0 heterocycles. The molecule has 0 bridgehead atoms. The molecule has 0 saturated heterocycles. The molecule has 2 amide bonds. The number of hydrogen-bond acceptors (Lipinski definition) is 3. The molecule has 0 unspecified atom stereocenters. The van der Waals surface area contributed by atoms with E-state index in [1.54, 1.807) is 48.5 Å². The second-order valence-electron chi connectivity index (χ2n) is 5.05. The van der Waals surface area contributed by atoms with Crippen molar-refractivity contribution in [3.8, 4) is 12.3 Å². The van der Waals surface area contributed by atoms with Gasteiger partial charge in [-0.1, -0.05) is 40.0 Å². The zero-order valence-corrected chi connectivity index (χ0v) is 14.8. The van der Waals surface area contributed by atoms with Crippen molar-refractivity contribution in [2.24, 2.45) is 0 Å². The molecule has 2 aromatic carbocycles. The number of amides is 2. The Bertz CT molecular complexity index is 838. The first-order valence-electron chi connectivity index (χ1n) is 7.40. The van der Waals surface area contributed by atoms with Gasteiger partial charge in [-0.2, -0.15) is 0 Å². The maximum Gasteiger partial charge on any atom is 0.252 e. The van der Waals surface area contributed by atoms with Gasteiger partial charge in [0.25, 0.3) is 5.91 Å². The topological polar surface area (TPSA) is 75.3 Å². The van der Waals surface area contributed by atoms with E-state index in [9.17, 15) is 14.4 Å². The van der Waals surface area contributed by atoms with Crippen molar-refractivity contribution < 1.29 is 14.4 Å². The minimum atomic E-state index is -0.503. The maximum absolute atomic E-state index is 12.7. The first kappa shape index (κ1) is 18.4. The molecule has 0 saturated carbocycles. The molecule has 0 aliphatic heterocycles. The molecule has 0 radical (unpaired) electrons. The first-order valence-corrected chi connectivity index (χ1v) is 8.20. The molecule has 6 heteroatoms. The molecule has 0 aliphatic carbocycles. The Kier molecular flexibility index (Phi) is 6.49. The van der Waals surface area contributed by atoms with Crippen LogP contribution in [0.15, 0.2) is 53.0 Å². The van der Waals surface area contributed by atoms with Gasteiger partial charge in [-0.05, 0) is 30.3 Å². The summed E-state index contributed by atoms with van der Waals surface area (Å²) in [6, 6.07) is 13.3. The summed E-state index contributed by atoms with van der Waals surface area (Å²) in [6.07, 6.45) is 5.05. The highest BCUT2D eigenvalue weighted by Gasteiger charge is 2.18. The molecule has 2 aromatic rings. The molecule has 0 aromatic heterocycles. The van der Waals surface area contributed by atoms with E-state index in [0.29, 0.717) is 5.56 Å². The van der Waals surface area contributed by atoms with E-state index in [4.69, 9.17) is 6.42 Å². The van der Waals surface area contributed by atoms with Crippen molar-refractivity contribution in [2.75, 3.05) is 13.1 Å². The van der Waals surface area contributed by atoms with Crippen LogP contribution < -0.4 is 10.6 Å². The zero-order chi connectivity index (χ0) is 18.2. The highest BCUT2D eigenvalue weighted by Crippen LogP contribution is 2.17. The molecular formula is C19H15BrN2O3. The van der Waals surface area contributed by atoms with Crippen LogP contribution in [0.3, 0.4) is 0 Å². The molecule has 126 valence electrons. The number of carbonyl (C=O) groups is 3. The van der Waals surface area contributed by atoms with Gasteiger partial charge < -0.3 is 10.6 Å². The number of terminal acetylenes is 1. The monoisotopic (exact) mass is 398 g/mol. The number of ketones is 1. The minimum Gasteiger partial charge on any atom is -0.344 e. The van der Waals surface area contributed by atoms with Gasteiger partial charge in [-0.25, -0.2) is 0 Å². The van der Waals surface area contributed by atoms with E-state index >= 15 is 0 Å².